The van der Waals surface area contributed by atoms with E-state index in [4.69, 9.17) is 0 Å². The van der Waals surface area contributed by atoms with Gasteiger partial charge in [0.2, 0.25) is 0 Å². The fourth-order valence-electron chi connectivity index (χ4n) is 1.43. The number of para-hydroxylation sites is 1. The summed E-state index contributed by atoms with van der Waals surface area (Å²) in [6.07, 6.45) is 0.908. The Kier molecular flexibility index (Phi) is 3.71. The molecule has 4 nitrogen and oxygen atoms in total. The van der Waals surface area contributed by atoms with Gasteiger partial charge in [0, 0.05) is 0 Å². The average molecular weight is 188 g/mol. The summed E-state index contributed by atoms with van der Waals surface area (Å²) < 4.78 is 0. The molecule has 0 aliphatic carbocycles. The van der Waals surface area contributed by atoms with Crippen LogP contribution in [0.15, 0.2) is 29.6 Å². The van der Waals surface area contributed by atoms with Gasteiger partial charge in [0.05, 0.1) is 12.2 Å². The average Bonchev–Trinajstić information content (AvgIpc) is 2.50. The summed E-state index contributed by atoms with van der Waals surface area (Å²) in [5.41, 5.74) is 2.14. The molecule has 1 heterocycles. The number of fused-ring (bicyclic) bond motifs is 1. The van der Waals surface area contributed by atoms with Crippen LogP contribution >= 0.6 is 0 Å². The molecule has 0 fully saturated rings. The first-order valence-corrected chi connectivity index (χ1v) is 3.77. The molecule has 1 aliphatic rings. The van der Waals surface area contributed by atoms with E-state index in [9.17, 15) is 4.91 Å². The summed E-state index contributed by atoms with van der Waals surface area (Å²) in [6, 6.07) is 7.80. The number of nitrogens with zero attached hydrogens (tertiary/aromatic N) is 2. The molecule has 0 N–H and O–H groups in total. The summed E-state index contributed by atoms with van der Waals surface area (Å²) in [7, 11) is 0. The van der Waals surface area contributed by atoms with E-state index < -0.39 is 0 Å². The third-order valence-electron chi connectivity index (χ3n) is 1.98. The van der Waals surface area contributed by atoms with Crippen molar-refractivity contribution in [3.8, 4) is 0 Å². The molecule has 0 aromatic heterocycles. The molecule has 5 heteroatoms. The van der Waals surface area contributed by atoms with Gasteiger partial charge in [-0.05, 0) is 18.1 Å². The van der Waals surface area contributed by atoms with Crippen LogP contribution in [-0.2, 0) is 11.4 Å². The molecule has 1 aromatic carbocycles. The first kappa shape index (κ1) is 10.5. The minimum absolute atomic E-state index is 0. The molecule has 0 atom stereocenters. The van der Waals surface area contributed by atoms with Gasteiger partial charge in [-0.3, -0.25) is 0 Å². The van der Waals surface area contributed by atoms with E-state index in [1.807, 2.05) is 24.3 Å². The number of anilines is 1. The predicted octanol–water partition coefficient (Wildman–Crippen LogP) is 1.01. The van der Waals surface area contributed by atoms with Gasteiger partial charge in [0.15, 0.2) is 5.34 Å². The van der Waals surface area contributed by atoms with Crippen molar-refractivity contribution in [2.24, 2.45) is 5.34 Å². The van der Waals surface area contributed by atoms with Gasteiger partial charge in [-0.2, -0.15) is 5.06 Å². The quantitative estimate of drug-likeness (QED) is 0.395. The first-order valence-electron chi connectivity index (χ1n) is 3.77. The van der Waals surface area contributed by atoms with Gasteiger partial charge in [-0.15, -0.1) is 4.91 Å². The molecular formula is C8H9N2NaO2. The zero-order chi connectivity index (χ0) is 8.39. The number of rotatable bonds is 2. The zero-order valence-electron chi connectivity index (χ0n) is 6.43. The number of hydrogen-bond acceptors (Lipinski definition) is 4. The van der Waals surface area contributed by atoms with Crippen molar-refractivity contribution in [1.82, 2.24) is 0 Å². The SMILES string of the molecule is O=NON1CCc2ccccc21.[NaH]. The Balaban J connectivity index is 0.000000845. The molecular weight excluding hydrogens is 179 g/mol. The Labute approximate surface area is 98.0 Å². The van der Waals surface area contributed by atoms with E-state index in [1.165, 1.54) is 10.6 Å². The summed E-state index contributed by atoms with van der Waals surface area (Å²) >= 11 is 0. The van der Waals surface area contributed by atoms with Crippen molar-refractivity contribution in [2.75, 3.05) is 11.6 Å². The first-order chi connectivity index (χ1) is 5.92. The molecule has 0 saturated carbocycles. The van der Waals surface area contributed by atoms with E-state index in [1.54, 1.807) is 0 Å². The summed E-state index contributed by atoms with van der Waals surface area (Å²) in [5.74, 6) is 0. The Morgan fingerprint density at radius 2 is 2.15 bits per heavy atom. The molecule has 0 amide bonds. The van der Waals surface area contributed by atoms with E-state index >= 15 is 0 Å². The number of hydrogen-bond donors (Lipinski definition) is 0. The van der Waals surface area contributed by atoms with Crippen LogP contribution in [0.3, 0.4) is 0 Å². The molecule has 0 spiro atoms. The molecule has 64 valence electrons. The number of hydroxylamine groups is 1. The van der Waals surface area contributed by atoms with Crippen LogP contribution in [0.2, 0.25) is 0 Å². The standard InChI is InChI=1S/C8H8N2O2.Na.H/c11-9-12-10-6-5-7-3-1-2-4-8(7)10;;/h1-4H,5-6H2;;. The molecule has 2 rings (SSSR count). The van der Waals surface area contributed by atoms with Crippen LogP contribution < -0.4 is 5.06 Å². The van der Waals surface area contributed by atoms with E-state index in [0.717, 1.165) is 12.1 Å². The molecule has 0 radical (unpaired) electrons. The summed E-state index contributed by atoms with van der Waals surface area (Å²) in [5, 5.41) is 3.89. The zero-order valence-corrected chi connectivity index (χ0v) is 6.43. The van der Waals surface area contributed by atoms with Crippen LogP contribution in [0.25, 0.3) is 0 Å². The maximum atomic E-state index is 9.86. The van der Waals surface area contributed by atoms with E-state index in [-0.39, 0.29) is 29.6 Å². The summed E-state index contributed by atoms with van der Waals surface area (Å²) in [4.78, 5) is 14.4. The Morgan fingerprint density at radius 1 is 1.38 bits per heavy atom. The topological polar surface area (TPSA) is 41.9 Å². The van der Waals surface area contributed by atoms with Crippen LogP contribution in [0.1, 0.15) is 5.56 Å². The summed E-state index contributed by atoms with van der Waals surface area (Å²) in [6.45, 7) is 0.699. The molecule has 0 saturated heterocycles. The van der Waals surface area contributed by atoms with Gasteiger partial charge in [0.1, 0.15) is 0 Å². The minimum atomic E-state index is 0. The van der Waals surface area contributed by atoms with E-state index in [0.29, 0.717) is 6.54 Å². The van der Waals surface area contributed by atoms with Crippen LogP contribution in [-0.4, -0.2) is 36.1 Å². The normalized spacial score (nSPS) is 13.1. The molecule has 0 unspecified atom stereocenters. The predicted molar refractivity (Wildman–Crippen MR) is 51.5 cm³/mol. The Bertz CT molecular complexity index is 306. The van der Waals surface area contributed by atoms with Crippen LogP contribution in [0, 0.1) is 4.91 Å². The second-order valence-electron chi connectivity index (χ2n) is 2.64. The second kappa shape index (κ2) is 4.60. The van der Waals surface area contributed by atoms with Crippen molar-refractivity contribution in [3.05, 3.63) is 34.7 Å². The molecule has 1 aliphatic heterocycles. The van der Waals surface area contributed by atoms with Gasteiger partial charge in [0.25, 0.3) is 0 Å². The molecule has 13 heavy (non-hydrogen) atoms. The fraction of sp³-hybridized carbons (Fsp3) is 0.250. The third-order valence-corrected chi connectivity index (χ3v) is 1.98. The maximum absolute atomic E-state index is 9.86. The van der Waals surface area contributed by atoms with Gasteiger partial charge in [-0.25, -0.2) is 4.94 Å². The van der Waals surface area contributed by atoms with Crippen molar-refractivity contribution < 1.29 is 4.94 Å². The molecule has 0 bridgehead atoms. The van der Waals surface area contributed by atoms with Crippen molar-refractivity contribution >= 4 is 35.2 Å². The number of benzene rings is 1. The Morgan fingerprint density at radius 3 is 2.92 bits per heavy atom. The van der Waals surface area contributed by atoms with Crippen molar-refractivity contribution in [3.63, 3.8) is 0 Å². The third kappa shape index (κ3) is 2.02. The van der Waals surface area contributed by atoms with Gasteiger partial charge < -0.3 is 0 Å². The monoisotopic (exact) mass is 188 g/mol. The second-order valence-corrected chi connectivity index (χ2v) is 2.64. The van der Waals surface area contributed by atoms with Gasteiger partial charge in [-0.1, -0.05) is 18.2 Å². The fourth-order valence-corrected chi connectivity index (χ4v) is 1.43. The van der Waals surface area contributed by atoms with Crippen LogP contribution in [0.4, 0.5) is 5.69 Å². The van der Waals surface area contributed by atoms with Crippen LogP contribution in [0.5, 0.6) is 0 Å². The Hall–Kier alpha value is -0.580. The molecule has 1 aromatic rings. The van der Waals surface area contributed by atoms with Crippen molar-refractivity contribution in [2.45, 2.75) is 6.42 Å². The van der Waals surface area contributed by atoms with E-state index in [2.05, 4.69) is 10.3 Å². The van der Waals surface area contributed by atoms with Crippen molar-refractivity contribution in [1.29, 1.82) is 0 Å². The van der Waals surface area contributed by atoms with Gasteiger partial charge >= 0.3 is 29.6 Å².